The normalized spacial score (nSPS) is 17.8. The van der Waals surface area contributed by atoms with Crippen LogP contribution in [0.4, 0.5) is 5.69 Å². The number of pyridine rings is 1. The van der Waals surface area contributed by atoms with Gasteiger partial charge in [0.15, 0.2) is 5.11 Å². The van der Waals surface area contributed by atoms with Crippen LogP contribution in [0.15, 0.2) is 83.4 Å². The van der Waals surface area contributed by atoms with Crippen molar-refractivity contribution in [3.05, 3.63) is 101 Å². The molecule has 1 aliphatic rings. The van der Waals surface area contributed by atoms with Crippen LogP contribution < -0.4 is 15.0 Å². The van der Waals surface area contributed by atoms with Gasteiger partial charge in [-0.15, -0.1) is 0 Å². The minimum absolute atomic E-state index is 0.205. The molecule has 33 heavy (non-hydrogen) atoms. The molecule has 4 aromatic rings. The monoisotopic (exact) mass is 475 g/mol. The molecular formula is C26H22ClN3O2S. The van der Waals surface area contributed by atoms with Crippen molar-refractivity contribution in [3.8, 4) is 17.1 Å². The molecule has 0 saturated carbocycles. The van der Waals surface area contributed by atoms with E-state index in [-0.39, 0.29) is 12.1 Å². The second kappa shape index (κ2) is 8.89. The lowest BCUT2D eigenvalue weighted by molar-refractivity contribution is 0.409. The first-order valence-corrected chi connectivity index (χ1v) is 11.4. The lowest BCUT2D eigenvalue weighted by Gasteiger charge is -2.27. The fourth-order valence-electron chi connectivity index (χ4n) is 4.26. The van der Waals surface area contributed by atoms with Crippen molar-refractivity contribution >= 4 is 34.6 Å². The van der Waals surface area contributed by atoms with Gasteiger partial charge in [0.05, 0.1) is 24.5 Å². The van der Waals surface area contributed by atoms with E-state index in [4.69, 9.17) is 33.0 Å². The quantitative estimate of drug-likeness (QED) is 0.333. The van der Waals surface area contributed by atoms with Crippen LogP contribution in [-0.2, 0) is 0 Å². The summed E-state index contributed by atoms with van der Waals surface area (Å²) < 4.78 is 12.1. The number of furan rings is 1. The molecule has 0 spiro atoms. The zero-order valence-corrected chi connectivity index (χ0v) is 19.7. The number of para-hydroxylation sites is 2. The lowest BCUT2D eigenvalue weighted by Crippen LogP contribution is -2.29. The SMILES string of the molecule is COc1ccccc1N1C(=S)NC(c2ccccn2)C1c1ccc(-c2cccc(Cl)c2C)o1. The number of hydrogen-bond acceptors (Lipinski definition) is 4. The van der Waals surface area contributed by atoms with Gasteiger partial charge in [-0.25, -0.2) is 0 Å². The number of anilines is 1. The maximum atomic E-state index is 6.45. The Bertz CT molecular complexity index is 1310. The predicted octanol–water partition coefficient (Wildman–Crippen LogP) is 6.49. The molecule has 3 heterocycles. The maximum Gasteiger partial charge on any atom is 0.174 e. The Morgan fingerprint density at radius 2 is 1.85 bits per heavy atom. The Balaban J connectivity index is 1.64. The third kappa shape index (κ3) is 3.86. The molecule has 0 aliphatic carbocycles. The van der Waals surface area contributed by atoms with E-state index in [1.54, 1.807) is 13.3 Å². The van der Waals surface area contributed by atoms with Gasteiger partial charge in [-0.2, -0.15) is 0 Å². The largest absolute Gasteiger partial charge is 0.495 e. The Labute approximate surface area is 203 Å². The molecule has 5 rings (SSSR count). The fraction of sp³-hybridized carbons (Fsp3) is 0.154. The van der Waals surface area contributed by atoms with Crippen LogP contribution in [0.1, 0.15) is 29.1 Å². The zero-order valence-electron chi connectivity index (χ0n) is 18.2. The topological polar surface area (TPSA) is 50.5 Å². The molecule has 1 fully saturated rings. The van der Waals surface area contributed by atoms with Gasteiger partial charge in [0.2, 0.25) is 0 Å². The highest BCUT2D eigenvalue weighted by Crippen LogP contribution is 2.45. The molecule has 1 aliphatic heterocycles. The van der Waals surface area contributed by atoms with Crippen molar-refractivity contribution in [2.24, 2.45) is 0 Å². The molecule has 0 bridgehead atoms. The van der Waals surface area contributed by atoms with Gasteiger partial charge < -0.3 is 19.4 Å². The summed E-state index contributed by atoms with van der Waals surface area (Å²) in [7, 11) is 1.66. The Morgan fingerprint density at radius 1 is 1.03 bits per heavy atom. The highest BCUT2D eigenvalue weighted by atomic mass is 35.5. The van der Waals surface area contributed by atoms with E-state index < -0.39 is 0 Å². The molecular weight excluding hydrogens is 454 g/mol. The number of methoxy groups -OCH3 is 1. The van der Waals surface area contributed by atoms with Gasteiger partial charge in [0.25, 0.3) is 0 Å². The molecule has 2 aromatic heterocycles. The van der Waals surface area contributed by atoms with Crippen LogP contribution in [0.2, 0.25) is 5.02 Å². The Kier molecular flexibility index (Phi) is 5.79. The molecule has 2 aromatic carbocycles. The summed E-state index contributed by atoms with van der Waals surface area (Å²) in [6, 6.07) is 23.0. The van der Waals surface area contributed by atoms with Gasteiger partial charge in [-0.05, 0) is 67.2 Å². The van der Waals surface area contributed by atoms with Crippen LogP contribution in [0.25, 0.3) is 11.3 Å². The lowest BCUT2D eigenvalue weighted by atomic mass is 10.0. The molecule has 1 saturated heterocycles. The summed E-state index contributed by atoms with van der Waals surface area (Å²) in [6.45, 7) is 1.99. The number of thiocarbonyl (C=S) groups is 1. The van der Waals surface area contributed by atoms with E-state index in [0.29, 0.717) is 10.1 Å². The van der Waals surface area contributed by atoms with Crippen molar-refractivity contribution in [3.63, 3.8) is 0 Å². The summed E-state index contributed by atoms with van der Waals surface area (Å²) in [5, 5.41) is 4.73. The Hall–Kier alpha value is -3.35. The van der Waals surface area contributed by atoms with E-state index in [2.05, 4.69) is 10.3 Å². The van der Waals surface area contributed by atoms with Crippen molar-refractivity contribution in [1.82, 2.24) is 10.3 Å². The van der Waals surface area contributed by atoms with Gasteiger partial charge >= 0.3 is 0 Å². The molecule has 166 valence electrons. The fourth-order valence-corrected chi connectivity index (χ4v) is 4.78. The summed E-state index contributed by atoms with van der Waals surface area (Å²) >= 11 is 12.2. The predicted molar refractivity (Wildman–Crippen MR) is 135 cm³/mol. The first kappa shape index (κ1) is 21.5. The number of halogens is 1. The summed E-state index contributed by atoms with van der Waals surface area (Å²) in [5.74, 6) is 2.24. The van der Waals surface area contributed by atoms with Crippen molar-refractivity contribution in [1.29, 1.82) is 0 Å². The maximum absolute atomic E-state index is 6.45. The van der Waals surface area contributed by atoms with Crippen LogP contribution >= 0.6 is 23.8 Å². The first-order valence-electron chi connectivity index (χ1n) is 10.6. The Morgan fingerprint density at radius 3 is 2.64 bits per heavy atom. The van der Waals surface area contributed by atoms with E-state index >= 15 is 0 Å². The number of nitrogens with one attached hydrogen (secondary N) is 1. The van der Waals surface area contributed by atoms with E-state index in [9.17, 15) is 0 Å². The van der Waals surface area contributed by atoms with Gasteiger partial charge in [0.1, 0.15) is 23.3 Å². The molecule has 2 unspecified atom stereocenters. The average Bonchev–Trinajstić information content (AvgIpc) is 3.46. The summed E-state index contributed by atoms with van der Waals surface area (Å²) in [4.78, 5) is 6.64. The average molecular weight is 476 g/mol. The third-order valence-corrected chi connectivity index (χ3v) is 6.62. The first-order chi connectivity index (χ1) is 16.1. The van der Waals surface area contributed by atoms with E-state index in [1.807, 2.05) is 84.6 Å². The van der Waals surface area contributed by atoms with E-state index in [1.165, 1.54) is 0 Å². The summed E-state index contributed by atoms with van der Waals surface area (Å²) in [5.41, 5.74) is 3.67. The van der Waals surface area contributed by atoms with Gasteiger partial charge in [0, 0.05) is 16.8 Å². The van der Waals surface area contributed by atoms with Crippen molar-refractivity contribution < 1.29 is 9.15 Å². The minimum atomic E-state index is -0.267. The number of aromatic nitrogens is 1. The molecule has 0 amide bonds. The van der Waals surface area contributed by atoms with Crippen LogP contribution in [0.5, 0.6) is 5.75 Å². The second-order valence-corrected chi connectivity index (χ2v) is 8.58. The van der Waals surface area contributed by atoms with Crippen molar-refractivity contribution in [2.45, 2.75) is 19.0 Å². The minimum Gasteiger partial charge on any atom is -0.495 e. The molecule has 7 heteroatoms. The van der Waals surface area contributed by atoms with Crippen LogP contribution in [-0.4, -0.2) is 17.2 Å². The number of ether oxygens (including phenoxy) is 1. The third-order valence-electron chi connectivity index (χ3n) is 5.89. The highest BCUT2D eigenvalue weighted by Gasteiger charge is 2.43. The zero-order chi connectivity index (χ0) is 22.9. The molecule has 5 nitrogen and oxygen atoms in total. The van der Waals surface area contributed by atoms with Crippen LogP contribution in [0, 0.1) is 6.92 Å². The van der Waals surface area contributed by atoms with E-state index in [0.717, 1.165) is 39.8 Å². The van der Waals surface area contributed by atoms with Crippen molar-refractivity contribution in [2.75, 3.05) is 12.0 Å². The van der Waals surface area contributed by atoms with Crippen LogP contribution in [0.3, 0.4) is 0 Å². The highest BCUT2D eigenvalue weighted by molar-refractivity contribution is 7.80. The number of benzene rings is 2. The number of nitrogens with zero attached hydrogens (tertiary/aromatic N) is 2. The van der Waals surface area contributed by atoms with Gasteiger partial charge in [-0.3, -0.25) is 4.98 Å². The summed E-state index contributed by atoms with van der Waals surface area (Å²) in [6.07, 6.45) is 1.78. The molecule has 1 N–H and O–H groups in total. The molecule has 2 atom stereocenters. The number of rotatable bonds is 5. The standard InChI is InChI=1S/C26H22ClN3O2S/c1-16-17(8-7-9-18(16)27)21-13-14-23(32-21)25-24(19-10-5-6-15-28-19)29-26(33)30(25)20-11-3-4-12-22(20)31-2/h3-15,24-25H,1-2H3,(H,29,33). The van der Waals surface area contributed by atoms with Gasteiger partial charge in [-0.1, -0.05) is 41.9 Å². The smallest absolute Gasteiger partial charge is 0.174 e. The molecule has 0 radical (unpaired) electrons. The number of hydrogen-bond donors (Lipinski definition) is 1. The second-order valence-electron chi connectivity index (χ2n) is 7.78.